The molecule has 33 heavy (non-hydrogen) atoms. The van der Waals surface area contributed by atoms with Crippen LogP contribution in [-0.4, -0.2) is 37.6 Å². The lowest BCUT2D eigenvalue weighted by Gasteiger charge is -2.14. The van der Waals surface area contributed by atoms with E-state index in [-0.39, 0.29) is 11.8 Å². The highest BCUT2D eigenvalue weighted by Crippen LogP contribution is 2.38. The number of nitrogens with zero attached hydrogens (tertiary/aromatic N) is 1. The number of carbonyl (C=O) groups is 2. The van der Waals surface area contributed by atoms with Gasteiger partial charge in [0.05, 0.1) is 25.3 Å². The van der Waals surface area contributed by atoms with Crippen molar-refractivity contribution in [3.63, 3.8) is 0 Å². The summed E-state index contributed by atoms with van der Waals surface area (Å²) in [6.07, 6.45) is 7.66. The molecule has 0 bridgehead atoms. The minimum atomic E-state index is -0.267. The number of aromatic nitrogens is 1. The number of aryl methyl sites for hydroxylation is 1. The molecule has 2 amide bonds. The van der Waals surface area contributed by atoms with Crippen LogP contribution in [0.5, 0.6) is 11.5 Å². The van der Waals surface area contributed by atoms with Crippen LogP contribution in [0.25, 0.3) is 0 Å². The average Bonchev–Trinajstić information content (AvgIpc) is 3.22. The topological polar surface area (TPSA) is 89.5 Å². The van der Waals surface area contributed by atoms with E-state index in [1.54, 1.807) is 32.5 Å². The molecule has 0 fully saturated rings. The molecule has 1 aliphatic rings. The number of carbonyl (C=O) groups excluding carboxylic acids is 2. The zero-order valence-corrected chi connectivity index (χ0v) is 19.6. The van der Waals surface area contributed by atoms with Crippen molar-refractivity contribution in [2.75, 3.05) is 26.1 Å². The van der Waals surface area contributed by atoms with Crippen molar-refractivity contribution < 1.29 is 19.1 Å². The second kappa shape index (κ2) is 10.5. The summed E-state index contributed by atoms with van der Waals surface area (Å²) in [5, 5.41) is 6.59. The molecular weight excluding hydrogens is 438 g/mol. The Morgan fingerprint density at radius 2 is 1.94 bits per heavy atom. The van der Waals surface area contributed by atoms with Crippen LogP contribution in [0.3, 0.4) is 0 Å². The summed E-state index contributed by atoms with van der Waals surface area (Å²) in [5.41, 5.74) is 3.06. The van der Waals surface area contributed by atoms with Gasteiger partial charge in [-0.1, -0.05) is 0 Å². The van der Waals surface area contributed by atoms with Gasteiger partial charge in [-0.15, -0.1) is 11.3 Å². The maximum Gasteiger partial charge on any atom is 0.257 e. The quantitative estimate of drug-likeness (QED) is 0.519. The Bertz CT molecular complexity index is 1140. The lowest BCUT2D eigenvalue weighted by atomic mass is 9.95. The zero-order chi connectivity index (χ0) is 23.2. The molecule has 7 nitrogen and oxygen atoms in total. The van der Waals surface area contributed by atoms with Crippen molar-refractivity contribution in [3.8, 4) is 11.5 Å². The van der Waals surface area contributed by atoms with Crippen molar-refractivity contribution >= 4 is 28.2 Å². The number of hydrogen-bond acceptors (Lipinski definition) is 6. The minimum Gasteiger partial charge on any atom is -0.497 e. The lowest BCUT2D eigenvalue weighted by Crippen LogP contribution is -2.28. The fourth-order valence-electron chi connectivity index (χ4n) is 4.04. The van der Waals surface area contributed by atoms with E-state index in [0.29, 0.717) is 29.1 Å². The summed E-state index contributed by atoms with van der Waals surface area (Å²) in [4.78, 5) is 31.2. The molecule has 2 N–H and O–H groups in total. The molecule has 0 aliphatic heterocycles. The van der Waals surface area contributed by atoms with Gasteiger partial charge in [0.2, 0.25) is 0 Å². The van der Waals surface area contributed by atoms with Gasteiger partial charge in [-0.25, -0.2) is 0 Å². The average molecular weight is 466 g/mol. The number of pyridine rings is 1. The molecule has 0 unspecified atom stereocenters. The summed E-state index contributed by atoms with van der Waals surface area (Å²) in [6.45, 7) is 0.434. The van der Waals surface area contributed by atoms with E-state index in [4.69, 9.17) is 9.47 Å². The molecule has 172 valence electrons. The molecule has 1 aliphatic carbocycles. The van der Waals surface area contributed by atoms with E-state index in [9.17, 15) is 9.59 Å². The summed E-state index contributed by atoms with van der Waals surface area (Å²) in [6, 6.07) is 9.04. The Morgan fingerprint density at radius 1 is 1.09 bits per heavy atom. The number of fused-ring (bicyclic) bond motifs is 1. The van der Waals surface area contributed by atoms with Crippen LogP contribution in [0.2, 0.25) is 0 Å². The largest absolute Gasteiger partial charge is 0.497 e. The van der Waals surface area contributed by atoms with Crippen molar-refractivity contribution in [2.45, 2.75) is 32.1 Å². The Morgan fingerprint density at radius 3 is 2.70 bits per heavy atom. The van der Waals surface area contributed by atoms with Gasteiger partial charge < -0.3 is 20.1 Å². The molecule has 0 radical (unpaired) electrons. The number of anilines is 1. The number of thiophene rings is 1. The summed E-state index contributed by atoms with van der Waals surface area (Å²) in [7, 11) is 3.24. The van der Waals surface area contributed by atoms with E-state index in [1.807, 2.05) is 18.2 Å². The van der Waals surface area contributed by atoms with Crippen molar-refractivity contribution in [1.82, 2.24) is 10.3 Å². The molecule has 0 saturated carbocycles. The van der Waals surface area contributed by atoms with E-state index >= 15 is 0 Å². The summed E-state index contributed by atoms with van der Waals surface area (Å²) >= 11 is 1.50. The number of hydrogen-bond donors (Lipinski definition) is 2. The Kier molecular flexibility index (Phi) is 7.24. The second-order valence-electron chi connectivity index (χ2n) is 7.79. The predicted molar refractivity (Wildman–Crippen MR) is 129 cm³/mol. The molecular formula is C25H27N3O4S. The summed E-state index contributed by atoms with van der Waals surface area (Å²) in [5.74, 6) is 1.06. The summed E-state index contributed by atoms with van der Waals surface area (Å²) < 4.78 is 10.7. The minimum absolute atomic E-state index is 0.169. The van der Waals surface area contributed by atoms with Gasteiger partial charge in [0.15, 0.2) is 0 Å². The molecule has 8 heteroatoms. The fourth-order valence-corrected chi connectivity index (χ4v) is 5.32. The second-order valence-corrected chi connectivity index (χ2v) is 8.90. The van der Waals surface area contributed by atoms with Gasteiger partial charge in [-0.2, -0.15) is 0 Å². The van der Waals surface area contributed by atoms with E-state index in [0.717, 1.165) is 48.3 Å². The monoisotopic (exact) mass is 465 g/mol. The van der Waals surface area contributed by atoms with Crippen molar-refractivity contribution in [2.24, 2.45) is 0 Å². The first kappa shape index (κ1) is 22.8. The van der Waals surface area contributed by atoms with Crippen LogP contribution in [0, 0.1) is 0 Å². The first-order valence-electron chi connectivity index (χ1n) is 11.0. The Labute approximate surface area is 197 Å². The Balaban J connectivity index is 1.51. The number of methoxy groups -OCH3 is 2. The number of amides is 2. The van der Waals surface area contributed by atoms with E-state index in [2.05, 4.69) is 15.6 Å². The molecule has 0 saturated heterocycles. The van der Waals surface area contributed by atoms with Crippen LogP contribution in [0.4, 0.5) is 5.00 Å². The third kappa shape index (κ3) is 5.17. The standard InChI is InChI=1S/C25H27N3O4S/c1-31-18-9-10-20(32-2)16(14-18)11-13-27-24(30)22-19-7-3-4-8-21(19)33-25(22)28-23(29)17-6-5-12-26-15-17/h5-6,9-10,12,14-15H,3-4,7-8,11,13H2,1-2H3,(H,27,30)(H,28,29). The first-order chi connectivity index (χ1) is 16.1. The highest BCUT2D eigenvalue weighted by Gasteiger charge is 2.26. The van der Waals surface area contributed by atoms with Gasteiger partial charge >= 0.3 is 0 Å². The zero-order valence-electron chi connectivity index (χ0n) is 18.8. The van der Waals surface area contributed by atoms with Gasteiger partial charge in [0, 0.05) is 23.8 Å². The molecule has 1 aromatic carbocycles. The maximum absolute atomic E-state index is 13.3. The number of rotatable bonds is 8. The fraction of sp³-hybridized carbons (Fsp3) is 0.320. The first-order valence-corrected chi connectivity index (χ1v) is 11.8. The van der Waals surface area contributed by atoms with E-state index in [1.165, 1.54) is 22.4 Å². The molecule has 2 heterocycles. The molecule has 0 atom stereocenters. The van der Waals surface area contributed by atoms with Crippen molar-refractivity contribution in [3.05, 3.63) is 69.9 Å². The Hall–Kier alpha value is -3.39. The van der Waals surface area contributed by atoms with Gasteiger partial charge in [0.1, 0.15) is 16.5 Å². The lowest BCUT2D eigenvalue weighted by molar-refractivity contribution is 0.0954. The number of nitrogens with one attached hydrogen (secondary N) is 2. The normalized spacial score (nSPS) is 12.5. The van der Waals surface area contributed by atoms with Crippen LogP contribution < -0.4 is 20.1 Å². The third-order valence-corrected chi connectivity index (χ3v) is 6.92. The van der Waals surface area contributed by atoms with Crippen LogP contribution in [-0.2, 0) is 19.3 Å². The van der Waals surface area contributed by atoms with Gasteiger partial charge in [-0.3, -0.25) is 14.6 Å². The van der Waals surface area contributed by atoms with Crippen LogP contribution in [0.15, 0.2) is 42.7 Å². The molecule has 0 spiro atoms. The van der Waals surface area contributed by atoms with Crippen molar-refractivity contribution in [1.29, 1.82) is 0 Å². The SMILES string of the molecule is COc1ccc(OC)c(CCNC(=O)c2c(NC(=O)c3cccnc3)sc3c2CCCC3)c1. The molecule has 2 aromatic heterocycles. The molecule has 4 rings (SSSR count). The predicted octanol–water partition coefficient (Wildman–Crippen LogP) is 4.26. The number of ether oxygens (including phenoxy) is 2. The van der Waals surface area contributed by atoms with Gasteiger partial charge in [-0.05, 0) is 73.6 Å². The van der Waals surface area contributed by atoms with Gasteiger partial charge in [0.25, 0.3) is 11.8 Å². The smallest absolute Gasteiger partial charge is 0.257 e. The third-order valence-electron chi connectivity index (χ3n) is 5.72. The maximum atomic E-state index is 13.3. The highest BCUT2D eigenvalue weighted by molar-refractivity contribution is 7.17. The van der Waals surface area contributed by atoms with Crippen LogP contribution in [0.1, 0.15) is 49.6 Å². The highest BCUT2D eigenvalue weighted by atomic mass is 32.1. The van der Waals surface area contributed by atoms with E-state index < -0.39 is 0 Å². The molecule has 3 aromatic rings. The number of benzene rings is 1. The van der Waals surface area contributed by atoms with Crippen LogP contribution >= 0.6 is 11.3 Å².